The van der Waals surface area contributed by atoms with E-state index in [1.165, 1.54) is 11.3 Å². The Morgan fingerprint density at radius 3 is 2.73 bits per heavy atom. The van der Waals surface area contributed by atoms with Crippen LogP contribution in [0.5, 0.6) is 0 Å². The van der Waals surface area contributed by atoms with E-state index in [4.69, 9.17) is 10.7 Å². The van der Waals surface area contributed by atoms with Crippen LogP contribution in [0, 0.1) is 2.88 Å². The molecule has 2 heterocycles. The maximum absolute atomic E-state index is 10.9. The molecule has 5 nitrogen and oxygen atoms in total. The topological polar surface area (TPSA) is 75.7 Å². The van der Waals surface area contributed by atoms with E-state index in [1.54, 1.807) is 0 Å². The average molecular weight is 376 g/mol. The molecular formula is C6H3ClIN3O2S2. The lowest BCUT2D eigenvalue weighted by Gasteiger charge is -1.85. The van der Waals surface area contributed by atoms with Crippen molar-refractivity contribution < 1.29 is 8.42 Å². The van der Waals surface area contributed by atoms with Crippen LogP contribution in [0.4, 0.5) is 0 Å². The summed E-state index contributed by atoms with van der Waals surface area (Å²) in [4.78, 5) is 3.78. The van der Waals surface area contributed by atoms with Crippen LogP contribution in [0.2, 0.25) is 0 Å². The molecule has 15 heavy (non-hydrogen) atoms. The van der Waals surface area contributed by atoms with Crippen molar-refractivity contribution in [3.63, 3.8) is 0 Å². The number of nitrogens with one attached hydrogen (secondary N) is 1. The molecule has 0 spiro atoms. The number of hydrogen-bond acceptors (Lipinski definition) is 5. The first-order valence-corrected chi connectivity index (χ1v) is 7.85. The van der Waals surface area contributed by atoms with Gasteiger partial charge in [-0.25, -0.2) is 13.5 Å². The zero-order chi connectivity index (χ0) is 11.1. The maximum Gasteiger partial charge on any atom is 0.296 e. The Labute approximate surface area is 107 Å². The molecule has 0 aliphatic rings. The standard InChI is InChI=1S/C6H3ClIN3O2S2/c7-15(12,13)6-9-5(10-11-6)3-1-4(8)14-2-3/h1-2H,(H,9,10,11). The molecule has 2 aromatic rings. The number of thiophene rings is 1. The van der Waals surface area contributed by atoms with Gasteiger partial charge in [0.2, 0.25) is 0 Å². The molecule has 0 bridgehead atoms. The third-order valence-electron chi connectivity index (χ3n) is 1.52. The van der Waals surface area contributed by atoms with Crippen molar-refractivity contribution in [2.45, 2.75) is 5.16 Å². The summed E-state index contributed by atoms with van der Waals surface area (Å²) in [6.45, 7) is 0. The number of halogens is 2. The van der Waals surface area contributed by atoms with Gasteiger partial charge in [0.15, 0.2) is 5.82 Å². The number of rotatable bonds is 2. The highest BCUT2D eigenvalue weighted by Gasteiger charge is 2.17. The molecular weight excluding hydrogens is 373 g/mol. The zero-order valence-electron chi connectivity index (χ0n) is 6.94. The zero-order valence-corrected chi connectivity index (χ0v) is 11.5. The molecule has 0 atom stereocenters. The fourth-order valence-corrected chi connectivity index (χ4v) is 2.79. The van der Waals surface area contributed by atoms with Gasteiger partial charge in [0, 0.05) is 21.6 Å². The number of aromatic amines is 1. The summed E-state index contributed by atoms with van der Waals surface area (Å²) in [7, 11) is 1.27. The van der Waals surface area contributed by atoms with Crippen molar-refractivity contribution in [3.8, 4) is 11.4 Å². The minimum atomic E-state index is -3.84. The summed E-state index contributed by atoms with van der Waals surface area (Å²) in [5.41, 5.74) is 0.771. The molecule has 0 aliphatic heterocycles. The van der Waals surface area contributed by atoms with E-state index in [-0.39, 0.29) is 5.16 Å². The van der Waals surface area contributed by atoms with E-state index in [0.717, 1.165) is 8.45 Å². The van der Waals surface area contributed by atoms with Crippen LogP contribution in [0.25, 0.3) is 11.4 Å². The van der Waals surface area contributed by atoms with E-state index in [9.17, 15) is 8.42 Å². The lowest BCUT2D eigenvalue weighted by atomic mass is 10.3. The summed E-state index contributed by atoms with van der Waals surface area (Å²) in [6, 6.07) is 1.86. The number of H-pyrrole nitrogens is 1. The average Bonchev–Trinajstić information content (AvgIpc) is 2.69. The Kier molecular flexibility index (Phi) is 3.01. The van der Waals surface area contributed by atoms with Crippen LogP contribution < -0.4 is 0 Å². The maximum atomic E-state index is 10.9. The molecule has 0 aliphatic carbocycles. The van der Waals surface area contributed by atoms with Crippen molar-refractivity contribution in [1.29, 1.82) is 0 Å². The highest BCUT2D eigenvalue weighted by molar-refractivity contribution is 14.1. The number of aromatic nitrogens is 3. The Morgan fingerprint density at radius 1 is 1.53 bits per heavy atom. The molecule has 0 fully saturated rings. The van der Waals surface area contributed by atoms with Gasteiger partial charge in [-0.15, -0.1) is 11.3 Å². The van der Waals surface area contributed by atoms with Crippen LogP contribution in [0.15, 0.2) is 16.6 Å². The minimum absolute atomic E-state index is 0.327. The molecule has 2 aromatic heterocycles. The molecule has 80 valence electrons. The third-order valence-corrected chi connectivity index (χ3v) is 4.39. The highest BCUT2D eigenvalue weighted by Crippen LogP contribution is 2.24. The summed E-state index contributed by atoms with van der Waals surface area (Å²) in [5, 5.41) is 7.55. The predicted molar refractivity (Wildman–Crippen MR) is 65.5 cm³/mol. The molecule has 2 rings (SSSR count). The molecule has 1 N–H and O–H groups in total. The van der Waals surface area contributed by atoms with Crippen LogP contribution in [-0.2, 0) is 9.05 Å². The fourth-order valence-electron chi connectivity index (χ4n) is 0.912. The van der Waals surface area contributed by atoms with Crippen molar-refractivity contribution in [3.05, 3.63) is 14.3 Å². The molecule has 9 heteroatoms. The van der Waals surface area contributed by atoms with Crippen LogP contribution in [0.1, 0.15) is 0 Å². The Morgan fingerprint density at radius 2 is 2.27 bits per heavy atom. The molecule has 0 saturated carbocycles. The van der Waals surface area contributed by atoms with Gasteiger partial charge < -0.3 is 0 Å². The van der Waals surface area contributed by atoms with E-state index >= 15 is 0 Å². The van der Waals surface area contributed by atoms with Crippen LogP contribution >= 0.6 is 44.6 Å². The molecule has 0 unspecified atom stereocenters. The smallest absolute Gasteiger partial charge is 0.248 e. The predicted octanol–water partition coefficient (Wildman–Crippen LogP) is 2.07. The lowest BCUT2D eigenvalue weighted by Crippen LogP contribution is -1.92. The van der Waals surface area contributed by atoms with Gasteiger partial charge in [0.25, 0.3) is 14.2 Å². The van der Waals surface area contributed by atoms with E-state index in [0.29, 0.717) is 5.82 Å². The Balaban J connectivity index is 2.44. The van der Waals surface area contributed by atoms with Crippen molar-refractivity contribution in [2.24, 2.45) is 0 Å². The lowest BCUT2D eigenvalue weighted by molar-refractivity contribution is 0.602. The minimum Gasteiger partial charge on any atom is -0.248 e. The number of nitrogens with zero attached hydrogens (tertiary/aromatic N) is 2. The second-order valence-corrected chi connectivity index (χ2v) is 7.83. The molecule has 0 saturated heterocycles. The quantitative estimate of drug-likeness (QED) is 0.644. The van der Waals surface area contributed by atoms with Crippen molar-refractivity contribution in [1.82, 2.24) is 15.2 Å². The Hall–Kier alpha value is -0.190. The third kappa shape index (κ3) is 2.49. The molecule has 0 amide bonds. The van der Waals surface area contributed by atoms with Gasteiger partial charge in [-0.1, -0.05) is 0 Å². The van der Waals surface area contributed by atoms with Crippen LogP contribution in [-0.4, -0.2) is 23.6 Å². The summed E-state index contributed by atoms with van der Waals surface area (Å²) < 4.78 is 22.9. The SMILES string of the molecule is O=S(=O)(Cl)c1nc(-c2csc(I)c2)n[nH]1. The Bertz CT molecular complexity index is 591. The normalized spacial score (nSPS) is 11.9. The van der Waals surface area contributed by atoms with E-state index in [2.05, 4.69) is 37.8 Å². The summed E-state index contributed by atoms with van der Waals surface area (Å²) in [6.07, 6.45) is 0. The molecule has 0 radical (unpaired) electrons. The second kappa shape index (κ2) is 4.00. The fraction of sp³-hybridized carbons (Fsp3) is 0. The summed E-state index contributed by atoms with van der Waals surface area (Å²) in [5.74, 6) is 0.327. The van der Waals surface area contributed by atoms with Crippen LogP contribution in [0.3, 0.4) is 0 Å². The largest absolute Gasteiger partial charge is 0.296 e. The van der Waals surface area contributed by atoms with Gasteiger partial charge in [-0.05, 0) is 28.7 Å². The second-order valence-electron chi connectivity index (χ2n) is 2.54. The van der Waals surface area contributed by atoms with Crippen molar-refractivity contribution >= 4 is 53.7 Å². The van der Waals surface area contributed by atoms with Gasteiger partial charge >= 0.3 is 0 Å². The van der Waals surface area contributed by atoms with Gasteiger partial charge in [-0.3, -0.25) is 0 Å². The van der Waals surface area contributed by atoms with Gasteiger partial charge in [0.1, 0.15) is 0 Å². The first kappa shape index (κ1) is 11.3. The monoisotopic (exact) mass is 375 g/mol. The molecule has 0 aromatic carbocycles. The number of hydrogen-bond donors (Lipinski definition) is 1. The van der Waals surface area contributed by atoms with E-state index in [1.807, 2.05) is 11.4 Å². The van der Waals surface area contributed by atoms with Gasteiger partial charge in [-0.2, -0.15) is 10.1 Å². The first-order chi connectivity index (χ1) is 6.97. The van der Waals surface area contributed by atoms with Gasteiger partial charge in [0.05, 0.1) is 2.88 Å². The highest BCUT2D eigenvalue weighted by atomic mass is 127. The first-order valence-electron chi connectivity index (χ1n) is 3.58. The van der Waals surface area contributed by atoms with E-state index < -0.39 is 9.05 Å². The summed E-state index contributed by atoms with van der Waals surface area (Å²) >= 11 is 3.69. The van der Waals surface area contributed by atoms with Crippen molar-refractivity contribution in [2.75, 3.05) is 0 Å².